The third kappa shape index (κ3) is 2.97. The van der Waals surface area contributed by atoms with Crippen LogP contribution >= 0.6 is 15.9 Å². The first-order valence-electron chi connectivity index (χ1n) is 6.86. The molecule has 20 heavy (non-hydrogen) atoms. The number of anilines is 1. The van der Waals surface area contributed by atoms with Gasteiger partial charge >= 0.3 is 5.97 Å². The van der Waals surface area contributed by atoms with Gasteiger partial charge in [-0.15, -0.1) is 0 Å². The SMILES string of the molecule is CC1CCCC(N(C)c2ccc(C(=O)O)c(Br)c2F)C1. The Balaban J connectivity index is 2.28. The lowest BCUT2D eigenvalue weighted by Gasteiger charge is -2.36. The van der Waals surface area contributed by atoms with Crippen molar-refractivity contribution in [1.82, 2.24) is 0 Å². The molecule has 1 saturated carbocycles. The Labute approximate surface area is 126 Å². The molecule has 2 rings (SSSR count). The molecule has 0 spiro atoms. The van der Waals surface area contributed by atoms with Gasteiger partial charge < -0.3 is 10.0 Å². The van der Waals surface area contributed by atoms with Gasteiger partial charge in [-0.3, -0.25) is 0 Å². The van der Waals surface area contributed by atoms with Crippen LogP contribution in [0.1, 0.15) is 43.0 Å². The molecule has 2 unspecified atom stereocenters. The Morgan fingerprint density at radius 1 is 1.45 bits per heavy atom. The Morgan fingerprint density at radius 3 is 2.75 bits per heavy atom. The van der Waals surface area contributed by atoms with E-state index in [-0.39, 0.29) is 10.0 Å². The summed E-state index contributed by atoms with van der Waals surface area (Å²) in [5.41, 5.74) is 0.414. The summed E-state index contributed by atoms with van der Waals surface area (Å²) in [7, 11) is 1.88. The van der Waals surface area contributed by atoms with E-state index in [0.29, 0.717) is 17.6 Å². The minimum absolute atomic E-state index is 0.0261. The molecule has 0 radical (unpaired) electrons. The second kappa shape index (κ2) is 6.12. The van der Waals surface area contributed by atoms with E-state index >= 15 is 0 Å². The van der Waals surface area contributed by atoms with Crippen molar-refractivity contribution in [2.24, 2.45) is 5.92 Å². The molecule has 1 aromatic carbocycles. The number of carboxylic acids is 1. The number of hydrogen-bond donors (Lipinski definition) is 1. The molecule has 0 aliphatic heterocycles. The Hall–Kier alpha value is -1.10. The van der Waals surface area contributed by atoms with Gasteiger partial charge in [-0.2, -0.15) is 0 Å². The predicted molar refractivity (Wildman–Crippen MR) is 80.9 cm³/mol. The first-order chi connectivity index (χ1) is 9.41. The van der Waals surface area contributed by atoms with Crippen LogP contribution in [0.5, 0.6) is 0 Å². The van der Waals surface area contributed by atoms with Crippen LogP contribution in [0.2, 0.25) is 0 Å². The number of carboxylic acid groups (broad SMARTS) is 1. The van der Waals surface area contributed by atoms with Crippen molar-refractivity contribution in [3.05, 3.63) is 28.0 Å². The van der Waals surface area contributed by atoms with E-state index in [1.54, 1.807) is 6.07 Å². The maximum Gasteiger partial charge on any atom is 0.336 e. The Morgan fingerprint density at radius 2 is 2.15 bits per heavy atom. The lowest BCUT2D eigenvalue weighted by Crippen LogP contribution is -2.36. The molecule has 1 N–H and O–H groups in total. The fourth-order valence-electron chi connectivity index (χ4n) is 2.93. The lowest BCUT2D eigenvalue weighted by molar-refractivity contribution is 0.0695. The fraction of sp³-hybridized carbons (Fsp3) is 0.533. The highest BCUT2D eigenvalue weighted by molar-refractivity contribution is 9.10. The van der Waals surface area contributed by atoms with Crippen LogP contribution in [0.25, 0.3) is 0 Å². The van der Waals surface area contributed by atoms with Gasteiger partial charge in [0.05, 0.1) is 15.7 Å². The summed E-state index contributed by atoms with van der Waals surface area (Å²) in [4.78, 5) is 12.9. The molecule has 1 aromatic rings. The van der Waals surface area contributed by atoms with Crippen molar-refractivity contribution in [3.8, 4) is 0 Å². The molecule has 0 amide bonds. The molecule has 1 fully saturated rings. The number of rotatable bonds is 3. The van der Waals surface area contributed by atoms with E-state index in [1.165, 1.54) is 12.5 Å². The average Bonchev–Trinajstić information content (AvgIpc) is 2.40. The van der Waals surface area contributed by atoms with Gasteiger partial charge in [0.15, 0.2) is 5.82 Å². The Bertz CT molecular complexity index is 521. The van der Waals surface area contributed by atoms with E-state index in [9.17, 15) is 9.18 Å². The van der Waals surface area contributed by atoms with E-state index < -0.39 is 11.8 Å². The summed E-state index contributed by atoms with van der Waals surface area (Å²) >= 11 is 3.05. The number of nitrogens with zero attached hydrogens (tertiary/aromatic N) is 1. The van der Waals surface area contributed by atoms with Crippen LogP contribution < -0.4 is 4.90 Å². The number of aromatic carboxylic acids is 1. The normalized spacial score (nSPS) is 22.6. The molecular weight excluding hydrogens is 325 g/mol. The zero-order chi connectivity index (χ0) is 14.9. The first-order valence-corrected chi connectivity index (χ1v) is 7.65. The molecule has 1 aliphatic rings. The van der Waals surface area contributed by atoms with Gasteiger partial charge in [0.1, 0.15) is 0 Å². The number of benzene rings is 1. The summed E-state index contributed by atoms with van der Waals surface area (Å²) < 4.78 is 14.4. The lowest BCUT2D eigenvalue weighted by atomic mass is 9.86. The summed E-state index contributed by atoms with van der Waals surface area (Å²) in [6.45, 7) is 2.22. The third-order valence-corrected chi connectivity index (χ3v) is 4.90. The zero-order valence-electron chi connectivity index (χ0n) is 11.7. The van der Waals surface area contributed by atoms with Crippen molar-refractivity contribution >= 4 is 27.6 Å². The molecule has 5 heteroatoms. The quantitative estimate of drug-likeness (QED) is 0.889. The summed E-state index contributed by atoms with van der Waals surface area (Å²) in [6, 6.07) is 3.33. The minimum atomic E-state index is -1.13. The van der Waals surface area contributed by atoms with Crippen LogP contribution in [0, 0.1) is 11.7 Å². The van der Waals surface area contributed by atoms with Gasteiger partial charge in [0, 0.05) is 13.1 Å². The van der Waals surface area contributed by atoms with Crippen molar-refractivity contribution in [3.63, 3.8) is 0 Å². The zero-order valence-corrected chi connectivity index (χ0v) is 13.3. The fourth-order valence-corrected chi connectivity index (χ4v) is 3.43. The van der Waals surface area contributed by atoms with Crippen molar-refractivity contribution in [2.75, 3.05) is 11.9 Å². The summed E-state index contributed by atoms with van der Waals surface area (Å²) in [5, 5.41) is 8.99. The van der Waals surface area contributed by atoms with Crippen LogP contribution in [0.15, 0.2) is 16.6 Å². The molecule has 0 bridgehead atoms. The van der Waals surface area contributed by atoms with Gasteiger partial charge in [-0.1, -0.05) is 19.8 Å². The molecule has 1 aliphatic carbocycles. The van der Waals surface area contributed by atoms with Gasteiger partial charge in [-0.05, 0) is 46.8 Å². The molecule has 0 heterocycles. The molecule has 3 nitrogen and oxygen atoms in total. The van der Waals surface area contributed by atoms with Crippen molar-refractivity contribution in [1.29, 1.82) is 0 Å². The van der Waals surface area contributed by atoms with E-state index in [2.05, 4.69) is 22.9 Å². The average molecular weight is 344 g/mol. The predicted octanol–water partition coefficient (Wildman–Crippen LogP) is 4.30. The Kier molecular flexibility index (Phi) is 4.68. The third-order valence-electron chi connectivity index (χ3n) is 4.13. The van der Waals surface area contributed by atoms with Gasteiger partial charge in [0.25, 0.3) is 0 Å². The maximum atomic E-state index is 14.4. The molecule has 0 aromatic heterocycles. The highest BCUT2D eigenvalue weighted by Crippen LogP contribution is 2.34. The number of hydrogen-bond acceptors (Lipinski definition) is 2. The number of carbonyl (C=O) groups is 1. The summed E-state index contributed by atoms with van der Waals surface area (Å²) in [6.07, 6.45) is 4.49. The number of halogens is 2. The molecule has 0 saturated heterocycles. The minimum Gasteiger partial charge on any atom is -0.478 e. The van der Waals surface area contributed by atoms with Crippen LogP contribution in [-0.4, -0.2) is 24.2 Å². The van der Waals surface area contributed by atoms with Crippen LogP contribution in [0.4, 0.5) is 10.1 Å². The standard InChI is InChI=1S/C15H19BrFNO2/c1-9-4-3-5-10(8-9)18(2)12-7-6-11(15(19)20)13(16)14(12)17/h6-7,9-10H,3-5,8H2,1-2H3,(H,19,20). The second-order valence-electron chi connectivity index (χ2n) is 5.60. The van der Waals surface area contributed by atoms with Crippen LogP contribution in [0.3, 0.4) is 0 Å². The highest BCUT2D eigenvalue weighted by atomic mass is 79.9. The molecule has 110 valence electrons. The van der Waals surface area contributed by atoms with E-state index in [1.807, 2.05) is 11.9 Å². The first kappa shape index (κ1) is 15.3. The van der Waals surface area contributed by atoms with E-state index in [4.69, 9.17) is 5.11 Å². The maximum absolute atomic E-state index is 14.4. The van der Waals surface area contributed by atoms with Crippen molar-refractivity contribution < 1.29 is 14.3 Å². The molecule has 2 atom stereocenters. The molecular formula is C15H19BrFNO2. The monoisotopic (exact) mass is 343 g/mol. The van der Waals surface area contributed by atoms with Crippen LogP contribution in [-0.2, 0) is 0 Å². The summed E-state index contributed by atoms with van der Waals surface area (Å²) in [5.74, 6) is -0.970. The van der Waals surface area contributed by atoms with E-state index in [0.717, 1.165) is 19.3 Å². The van der Waals surface area contributed by atoms with Crippen molar-refractivity contribution in [2.45, 2.75) is 38.6 Å². The largest absolute Gasteiger partial charge is 0.478 e. The topological polar surface area (TPSA) is 40.5 Å². The highest BCUT2D eigenvalue weighted by Gasteiger charge is 2.25. The smallest absolute Gasteiger partial charge is 0.336 e. The van der Waals surface area contributed by atoms with Gasteiger partial charge in [-0.25, -0.2) is 9.18 Å². The van der Waals surface area contributed by atoms with Gasteiger partial charge in [0.2, 0.25) is 0 Å². The second-order valence-corrected chi connectivity index (χ2v) is 6.39.